The van der Waals surface area contributed by atoms with Crippen LogP contribution in [0.2, 0.25) is 0 Å². The molecule has 1 aromatic carbocycles. The number of carbonyl (C=O) groups is 1. The largest absolute Gasteiger partial charge is 0.496 e. The Morgan fingerprint density at radius 2 is 1.79 bits per heavy atom. The quantitative estimate of drug-likeness (QED) is 0.199. The molecule has 0 saturated carbocycles. The summed E-state index contributed by atoms with van der Waals surface area (Å²) in [5.74, 6) is 1.89. The van der Waals surface area contributed by atoms with E-state index < -0.39 is 11.7 Å². The molecule has 0 fully saturated rings. The summed E-state index contributed by atoms with van der Waals surface area (Å²) >= 11 is 0. The van der Waals surface area contributed by atoms with Crippen molar-refractivity contribution in [1.82, 2.24) is 16.0 Å². The van der Waals surface area contributed by atoms with E-state index in [9.17, 15) is 4.79 Å². The Morgan fingerprint density at radius 3 is 2.41 bits per heavy atom. The second-order valence-corrected chi connectivity index (χ2v) is 7.57. The van der Waals surface area contributed by atoms with Gasteiger partial charge in [0, 0.05) is 32.1 Å². The van der Waals surface area contributed by atoms with Gasteiger partial charge in [0.1, 0.15) is 11.4 Å². The highest BCUT2D eigenvalue weighted by Gasteiger charge is 2.15. The maximum absolute atomic E-state index is 11.6. The van der Waals surface area contributed by atoms with Crippen LogP contribution in [0.5, 0.6) is 5.75 Å². The topological polar surface area (TPSA) is 84.0 Å². The summed E-state index contributed by atoms with van der Waals surface area (Å²) in [7, 11) is 1.69. The first-order valence-electron chi connectivity index (χ1n) is 9.88. The smallest absolute Gasteiger partial charge is 0.407 e. The highest BCUT2D eigenvalue weighted by molar-refractivity contribution is 14.0. The summed E-state index contributed by atoms with van der Waals surface area (Å²) in [5, 5.41) is 9.29. The standard InChI is InChI=1S/C21H36N4O3.HI/c1-7-22-19(23-13-10-14-24-20(26)28-21(3,4)5)25-15-16(2)17-11-8-9-12-18(17)27-6;/h8-9,11-12,16H,7,10,13-15H2,1-6H3,(H,24,26)(H2,22,23,25);1H. The molecular formula is C21H37IN4O3. The van der Waals surface area contributed by atoms with Crippen molar-refractivity contribution in [3.8, 4) is 5.75 Å². The minimum Gasteiger partial charge on any atom is -0.496 e. The lowest BCUT2D eigenvalue weighted by Crippen LogP contribution is -2.39. The molecule has 1 aromatic rings. The van der Waals surface area contributed by atoms with Crippen LogP contribution in [0.3, 0.4) is 0 Å². The number of rotatable bonds is 9. The zero-order valence-corrected chi connectivity index (χ0v) is 20.8. The van der Waals surface area contributed by atoms with Gasteiger partial charge in [-0.1, -0.05) is 25.1 Å². The number of aliphatic imine (C=N–C) groups is 1. The second kappa shape index (κ2) is 14.3. The van der Waals surface area contributed by atoms with Gasteiger partial charge in [-0.2, -0.15) is 0 Å². The van der Waals surface area contributed by atoms with Crippen molar-refractivity contribution in [2.75, 3.05) is 33.3 Å². The molecule has 1 amide bonds. The average molecular weight is 520 g/mol. The molecule has 0 saturated heterocycles. The van der Waals surface area contributed by atoms with Crippen molar-refractivity contribution in [2.24, 2.45) is 4.99 Å². The third-order valence-corrected chi connectivity index (χ3v) is 3.85. The van der Waals surface area contributed by atoms with E-state index in [0.717, 1.165) is 30.2 Å². The molecule has 0 radical (unpaired) electrons. The molecule has 29 heavy (non-hydrogen) atoms. The molecule has 1 atom stereocenters. The summed E-state index contributed by atoms with van der Waals surface area (Å²) in [6.45, 7) is 12.4. The molecule has 8 heteroatoms. The lowest BCUT2D eigenvalue weighted by molar-refractivity contribution is 0.0527. The van der Waals surface area contributed by atoms with Crippen LogP contribution in [0.15, 0.2) is 29.3 Å². The first-order chi connectivity index (χ1) is 13.3. The number of ether oxygens (including phenoxy) is 2. The minimum absolute atomic E-state index is 0. The fourth-order valence-electron chi connectivity index (χ4n) is 2.54. The summed E-state index contributed by atoms with van der Waals surface area (Å²) in [5.41, 5.74) is 0.664. The lowest BCUT2D eigenvalue weighted by atomic mass is 10.0. The van der Waals surface area contributed by atoms with E-state index in [-0.39, 0.29) is 29.9 Å². The predicted octanol–water partition coefficient (Wildman–Crippen LogP) is 3.89. The van der Waals surface area contributed by atoms with Crippen LogP contribution < -0.4 is 20.7 Å². The zero-order chi connectivity index (χ0) is 21.0. The number of amides is 1. The van der Waals surface area contributed by atoms with Gasteiger partial charge in [0.25, 0.3) is 0 Å². The highest BCUT2D eigenvalue weighted by atomic mass is 127. The van der Waals surface area contributed by atoms with Crippen LogP contribution in [0.4, 0.5) is 4.79 Å². The molecule has 0 aliphatic carbocycles. The molecule has 0 spiro atoms. The SMILES string of the molecule is CCNC(=NCC(C)c1ccccc1OC)NCCCNC(=O)OC(C)(C)C.I. The van der Waals surface area contributed by atoms with Gasteiger partial charge in [-0.25, -0.2) is 4.79 Å². The van der Waals surface area contributed by atoms with Gasteiger partial charge in [-0.3, -0.25) is 4.99 Å². The molecule has 0 heterocycles. The number of guanidine groups is 1. The molecule has 1 rings (SSSR count). The maximum atomic E-state index is 11.6. The third kappa shape index (κ3) is 11.8. The molecule has 7 nitrogen and oxygen atoms in total. The number of methoxy groups -OCH3 is 1. The Morgan fingerprint density at radius 1 is 1.14 bits per heavy atom. The van der Waals surface area contributed by atoms with Crippen LogP contribution in [-0.2, 0) is 4.74 Å². The van der Waals surface area contributed by atoms with E-state index in [1.165, 1.54) is 0 Å². The third-order valence-electron chi connectivity index (χ3n) is 3.85. The van der Waals surface area contributed by atoms with Gasteiger partial charge in [-0.15, -0.1) is 24.0 Å². The van der Waals surface area contributed by atoms with E-state index in [0.29, 0.717) is 19.6 Å². The van der Waals surface area contributed by atoms with E-state index in [1.807, 2.05) is 45.9 Å². The van der Waals surface area contributed by atoms with Gasteiger partial charge >= 0.3 is 6.09 Å². The first-order valence-corrected chi connectivity index (χ1v) is 9.88. The van der Waals surface area contributed by atoms with Crippen molar-refractivity contribution in [3.63, 3.8) is 0 Å². The number of hydrogen-bond acceptors (Lipinski definition) is 4. The normalized spacial score (nSPS) is 12.4. The maximum Gasteiger partial charge on any atom is 0.407 e. The minimum atomic E-state index is -0.481. The molecule has 0 aliphatic rings. The number of alkyl carbamates (subject to hydrolysis) is 1. The Labute approximate surface area is 192 Å². The van der Waals surface area contributed by atoms with E-state index >= 15 is 0 Å². The molecular weight excluding hydrogens is 483 g/mol. The zero-order valence-electron chi connectivity index (χ0n) is 18.5. The van der Waals surface area contributed by atoms with E-state index in [4.69, 9.17) is 9.47 Å². The number of nitrogens with one attached hydrogen (secondary N) is 3. The van der Waals surface area contributed by atoms with E-state index in [2.05, 4.69) is 33.9 Å². The molecule has 0 bridgehead atoms. The Hall–Kier alpha value is -1.71. The Bertz CT molecular complexity index is 633. The van der Waals surface area contributed by atoms with Crippen LogP contribution in [0.1, 0.15) is 52.5 Å². The Kier molecular flexibility index (Phi) is 13.5. The van der Waals surface area contributed by atoms with Crippen molar-refractivity contribution >= 4 is 36.0 Å². The average Bonchev–Trinajstić information content (AvgIpc) is 2.63. The number of halogens is 1. The van der Waals surface area contributed by atoms with Crippen molar-refractivity contribution in [2.45, 2.75) is 52.6 Å². The number of hydrogen-bond donors (Lipinski definition) is 3. The van der Waals surface area contributed by atoms with Gasteiger partial charge < -0.3 is 25.4 Å². The molecule has 166 valence electrons. The monoisotopic (exact) mass is 520 g/mol. The summed E-state index contributed by atoms with van der Waals surface area (Å²) in [4.78, 5) is 16.3. The van der Waals surface area contributed by atoms with E-state index in [1.54, 1.807) is 7.11 Å². The number of nitrogens with zero attached hydrogens (tertiary/aromatic N) is 1. The summed E-state index contributed by atoms with van der Waals surface area (Å²) in [6.07, 6.45) is 0.379. The second-order valence-electron chi connectivity index (χ2n) is 7.57. The number of benzene rings is 1. The molecule has 3 N–H and O–H groups in total. The van der Waals surface area contributed by atoms with Crippen LogP contribution >= 0.6 is 24.0 Å². The fourth-order valence-corrected chi connectivity index (χ4v) is 2.54. The summed E-state index contributed by atoms with van der Waals surface area (Å²) < 4.78 is 10.7. The number of carbonyl (C=O) groups excluding carboxylic acids is 1. The van der Waals surface area contributed by atoms with Crippen LogP contribution in [0, 0.1) is 0 Å². The molecule has 0 aromatic heterocycles. The Balaban J connectivity index is 0.00000784. The first kappa shape index (κ1) is 27.3. The van der Waals surface area contributed by atoms with Gasteiger partial charge in [0.05, 0.1) is 7.11 Å². The van der Waals surface area contributed by atoms with Gasteiger partial charge in [-0.05, 0) is 45.7 Å². The van der Waals surface area contributed by atoms with Gasteiger partial charge in [0.2, 0.25) is 0 Å². The summed E-state index contributed by atoms with van der Waals surface area (Å²) in [6, 6.07) is 8.02. The van der Waals surface area contributed by atoms with Gasteiger partial charge in [0.15, 0.2) is 5.96 Å². The predicted molar refractivity (Wildman–Crippen MR) is 130 cm³/mol. The molecule has 1 unspecified atom stereocenters. The van der Waals surface area contributed by atoms with Crippen molar-refractivity contribution in [3.05, 3.63) is 29.8 Å². The van der Waals surface area contributed by atoms with Crippen LogP contribution in [0.25, 0.3) is 0 Å². The highest BCUT2D eigenvalue weighted by Crippen LogP contribution is 2.26. The lowest BCUT2D eigenvalue weighted by Gasteiger charge is -2.19. The fraction of sp³-hybridized carbons (Fsp3) is 0.619. The van der Waals surface area contributed by atoms with Crippen molar-refractivity contribution < 1.29 is 14.3 Å². The van der Waals surface area contributed by atoms with Crippen LogP contribution in [-0.4, -0.2) is 50.9 Å². The number of para-hydroxylation sites is 1. The molecule has 0 aliphatic heterocycles. The van der Waals surface area contributed by atoms with Crippen molar-refractivity contribution in [1.29, 1.82) is 0 Å².